The van der Waals surface area contributed by atoms with E-state index in [2.05, 4.69) is 9.97 Å². The van der Waals surface area contributed by atoms with Crippen molar-refractivity contribution in [2.45, 2.75) is 18.9 Å². The Kier molecular flexibility index (Phi) is 2.64. The molecule has 0 spiro atoms. The van der Waals surface area contributed by atoms with Crippen LogP contribution in [0.4, 0.5) is 5.95 Å². The number of nitrogens with two attached hydrogens (primary N) is 1. The molecule has 90 valence electrons. The van der Waals surface area contributed by atoms with E-state index >= 15 is 0 Å². The third-order valence-electron chi connectivity index (χ3n) is 3.03. The highest BCUT2D eigenvalue weighted by molar-refractivity contribution is 6.31. The summed E-state index contributed by atoms with van der Waals surface area (Å²) < 4.78 is 7.42. The lowest BCUT2D eigenvalue weighted by molar-refractivity contribution is 0.0610. The summed E-state index contributed by atoms with van der Waals surface area (Å²) in [5.41, 5.74) is 7.46. The van der Waals surface area contributed by atoms with Gasteiger partial charge in [0.2, 0.25) is 5.95 Å². The molecule has 1 atom stereocenters. The summed E-state index contributed by atoms with van der Waals surface area (Å²) in [5.74, 6) is 0.477. The molecular weight excluding hydrogens is 240 g/mol. The van der Waals surface area contributed by atoms with Crippen molar-refractivity contribution in [1.82, 2.24) is 14.5 Å². The lowest BCUT2D eigenvalue weighted by Gasteiger charge is -2.24. The standard InChI is InChI=1S/C11H13ClN4O/c12-7-4-9-10(14-5-7)16(11(13)15-9)8-2-1-3-17-6-8/h4-5,8H,1-3,6H2,(H2,13,15). The van der Waals surface area contributed by atoms with Gasteiger partial charge in [0.05, 0.1) is 17.7 Å². The zero-order valence-corrected chi connectivity index (χ0v) is 10.0. The second-order valence-corrected chi connectivity index (χ2v) is 4.64. The summed E-state index contributed by atoms with van der Waals surface area (Å²) in [6.07, 6.45) is 3.70. The van der Waals surface area contributed by atoms with Crippen LogP contribution in [-0.4, -0.2) is 27.7 Å². The predicted molar refractivity (Wildman–Crippen MR) is 66.0 cm³/mol. The van der Waals surface area contributed by atoms with Crippen molar-refractivity contribution >= 4 is 28.7 Å². The molecule has 3 heterocycles. The normalized spacial score (nSPS) is 20.9. The largest absolute Gasteiger partial charge is 0.379 e. The van der Waals surface area contributed by atoms with Gasteiger partial charge in [-0.2, -0.15) is 0 Å². The zero-order valence-electron chi connectivity index (χ0n) is 9.27. The molecule has 0 aromatic carbocycles. The first kappa shape index (κ1) is 10.8. The number of hydrogen-bond donors (Lipinski definition) is 1. The number of halogens is 1. The van der Waals surface area contributed by atoms with Crippen molar-refractivity contribution in [1.29, 1.82) is 0 Å². The molecule has 3 rings (SSSR count). The monoisotopic (exact) mass is 252 g/mol. The number of hydrogen-bond acceptors (Lipinski definition) is 4. The fraction of sp³-hybridized carbons (Fsp3) is 0.455. The number of pyridine rings is 1. The van der Waals surface area contributed by atoms with Crippen molar-refractivity contribution in [2.24, 2.45) is 0 Å². The molecule has 1 fully saturated rings. The first-order valence-electron chi connectivity index (χ1n) is 5.62. The number of anilines is 1. The number of nitrogen functional groups attached to an aromatic ring is 1. The van der Waals surface area contributed by atoms with Crippen molar-refractivity contribution in [3.8, 4) is 0 Å². The molecule has 2 aromatic heterocycles. The molecule has 1 unspecified atom stereocenters. The van der Waals surface area contributed by atoms with E-state index in [4.69, 9.17) is 22.1 Å². The zero-order chi connectivity index (χ0) is 11.8. The molecule has 0 amide bonds. The molecule has 0 aliphatic carbocycles. The van der Waals surface area contributed by atoms with Crippen molar-refractivity contribution in [3.63, 3.8) is 0 Å². The van der Waals surface area contributed by atoms with E-state index in [1.54, 1.807) is 12.3 Å². The third-order valence-corrected chi connectivity index (χ3v) is 3.23. The van der Waals surface area contributed by atoms with Gasteiger partial charge in [-0.25, -0.2) is 9.97 Å². The Morgan fingerprint density at radius 2 is 2.41 bits per heavy atom. The van der Waals surface area contributed by atoms with Crippen LogP contribution in [0.5, 0.6) is 0 Å². The Bertz CT molecular complexity index is 548. The van der Waals surface area contributed by atoms with E-state index in [0.717, 1.165) is 30.6 Å². The highest BCUT2D eigenvalue weighted by Crippen LogP contribution is 2.27. The molecular formula is C11H13ClN4O. The fourth-order valence-electron chi connectivity index (χ4n) is 2.26. The van der Waals surface area contributed by atoms with Crippen LogP contribution in [0.3, 0.4) is 0 Å². The van der Waals surface area contributed by atoms with Crippen LogP contribution in [0.2, 0.25) is 5.02 Å². The van der Waals surface area contributed by atoms with Gasteiger partial charge in [0.1, 0.15) is 5.52 Å². The molecule has 6 heteroatoms. The number of rotatable bonds is 1. The van der Waals surface area contributed by atoms with Gasteiger partial charge in [-0.05, 0) is 18.9 Å². The number of aromatic nitrogens is 3. The SMILES string of the molecule is Nc1nc2cc(Cl)cnc2n1C1CCCOC1. The van der Waals surface area contributed by atoms with Gasteiger partial charge in [0.15, 0.2) is 5.65 Å². The van der Waals surface area contributed by atoms with Gasteiger partial charge in [-0.1, -0.05) is 11.6 Å². The fourth-order valence-corrected chi connectivity index (χ4v) is 2.41. The maximum atomic E-state index is 5.95. The molecule has 0 saturated carbocycles. The molecule has 0 bridgehead atoms. The Labute approximate surface area is 104 Å². The molecule has 5 nitrogen and oxygen atoms in total. The van der Waals surface area contributed by atoms with Crippen molar-refractivity contribution < 1.29 is 4.74 Å². The molecule has 1 aliphatic heterocycles. The molecule has 2 N–H and O–H groups in total. The first-order chi connectivity index (χ1) is 8.25. The molecule has 1 saturated heterocycles. The van der Waals surface area contributed by atoms with Crippen molar-refractivity contribution in [2.75, 3.05) is 18.9 Å². The smallest absolute Gasteiger partial charge is 0.202 e. The minimum Gasteiger partial charge on any atom is -0.379 e. The predicted octanol–water partition coefficient (Wildman–Crippen LogP) is 2.02. The van der Waals surface area contributed by atoms with E-state index in [-0.39, 0.29) is 6.04 Å². The highest BCUT2D eigenvalue weighted by Gasteiger charge is 2.21. The van der Waals surface area contributed by atoms with Gasteiger partial charge >= 0.3 is 0 Å². The van der Waals surface area contributed by atoms with Crippen LogP contribution in [-0.2, 0) is 4.74 Å². The van der Waals surface area contributed by atoms with Gasteiger partial charge in [0, 0.05) is 12.8 Å². The lowest BCUT2D eigenvalue weighted by atomic mass is 10.1. The van der Waals surface area contributed by atoms with Gasteiger partial charge in [-0.15, -0.1) is 0 Å². The summed E-state index contributed by atoms with van der Waals surface area (Å²) in [6.45, 7) is 1.49. The number of fused-ring (bicyclic) bond motifs is 1. The summed E-state index contributed by atoms with van der Waals surface area (Å²) in [4.78, 5) is 8.60. The average Bonchev–Trinajstić information content (AvgIpc) is 2.65. The maximum absolute atomic E-state index is 5.95. The van der Waals surface area contributed by atoms with Crippen LogP contribution in [0.1, 0.15) is 18.9 Å². The molecule has 1 aliphatic rings. The van der Waals surface area contributed by atoms with E-state index in [0.29, 0.717) is 17.6 Å². The van der Waals surface area contributed by atoms with Gasteiger partial charge < -0.3 is 10.5 Å². The minimum absolute atomic E-state index is 0.224. The second-order valence-electron chi connectivity index (χ2n) is 4.21. The average molecular weight is 253 g/mol. The van der Waals surface area contributed by atoms with Crippen LogP contribution < -0.4 is 5.73 Å². The van der Waals surface area contributed by atoms with E-state index in [1.165, 1.54) is 0 Å². The van der Waals surface area contributed by atoms with E-state index < -0.39 is 0 Å². The molecule has 0 radical (unpaired) electrons. The number of ether oxygens (including phenoxy) is 1. The van der Waals surface area contributed by atoms with Crippen LogP contribution >= 0.6 is 11.6 Å². The lowest BCUT2D eigenvalue weighted by Crippen LogP contribution is -2.22. The summed E-state index contributed by atoms with van der Waals surface area (Å²) >= 11 is 5.89. The molecule has 17 heavy (non-hydrogen) atoms. The summed E-state index contributed by atoms with van der Waals surface area (Å²) in [5, 5.41) is 0.571. The summed E-state index contributed by atoms with van der Waals surface area (Å²) in [6, 6.07) is 2.00. The summed E-state index contributed by atoms with van der Waals surface area (Å²) in [7, 11) is 0. The second kappa shape index (κ2) is 4.16. The number of imidazole rings is 1. The highest BCUT2D eigenvalue weighted by atomic mass is 35.5. The van der Waals surface area contributed by atoms with Crippen LogP contribution in [0.25, 0.3) is 11.2 Å². The third kappa shape index (κ3) is 1.85. The van der Waals surface area contributed by atoms with E-state index in [9.17, 15) is 0 Å². The van der Waals surface area contributed by atoms with Crippen LogP contribution in [0.15, 0.2) is 12.3 Å². The molecule has 2 aromatic rings. The van der Waals surface area contributed by atoms with Crippen LogP contribution in [0, 0.1) is 0 Å². The first-order valence-corrected chi connectivity index (χ1v) is 6.00. The Balaban J connectivity index is 2.11. The van der Waals surface area contributed by atoms with Gasteiger partial charge in [-0.3, -0.25) is 4.57 Å². The number of nitrogens with zero attached hydrogens (tertiary/aromatic N) is 3. The van der Waals surface area contributed by atoms with Crippen molar-refractivity contribution in [3.05, 3.63) is 17.3 Å². The topological polar surface area (TPSA) is 66.0 Å². The maximum Gasteiger partial charge on any atom is 0.202 e. The Morgan fingerprint density at radius 3 is 3.18 bits per heavy atom. The Morgan fingerprint density at radius 1 is 1.53 bits per heavy atom. The van der Waals surface area contributed by atoms with Gasteiger partial charge in [0.25, 0.3) is 0 Å². The minimum atomic E-state index is 0.224. The van der Waals surface area contributed by atoms with E-state index in [1.807, 2.05) is 4.57 Å². The Hall–Kier alpha value is -1.33. The quantitative estimate of drug-likeness (QED) is 0.843.